The fourth-order valence-electron chi connectivity index (χ4n) is 12.4. The molecule has 0 N–H and O–H groups in total. The number of hydrogen-bond donors (Lipinski definition) is 0. The molecule has 0 saturated carbocycles. The van der Waals surface area contributed by atoms with Crippen LogP contribution in [0.5, 0.6) is 0 Å². The monoisotopic (exact) mass is 1000 g/mol. The molecule has 0 spiro atoms. The van der Waals surface area contributed by atoms with E-state index in [1.165, 1.54) is 182 Å². The van der Waals surface area contributed by atoms with Crippen molar-refractivity contribution in [3.05, 3.63) is 104 Å². The van der Waals surface area contributed by atoms with Crippen LogP contribution in [-0.4, -0.2) is 10.2 Å². The van der Waals surface area contributed by atoms with Crippen LogP contribution < -0.4 is 0 Å². The molecule has 1 aromatic heterocycles. The van der Waals surface area contributed by atoms with Gasteiger partial charge < -0.3 is 4.42 Å². The lowest BCUT2D eigenvalue weighted by Gasteiger charge is -2.39. The van der Waals surface area contributed by atoms with E-state index in [2.05, 4.69) is 160 Å². The van der Waals surface area contributed by atoms with Crippen LogP contribution in [0, 0.1) is 23.7 Å². The molecule has 5 heteroatoms. The number of fused-ring (bicyclic) bond motifs is 6. The van der Waals surface area contributed by atoms with Gasteiger partial charge >= 0.3 is 0 Å². The van der Waals surface area contributed by atoms with Gasteiger partial charge in [0.1, 0.15) is 0 Å². The largest absolute Gasteiger partial charge is 0.416 e. The molecule has 4 atom stereocenters. The van der Waals surface area contributed by atoms with Crippen molar-refractivity contribution in [1.82, 2.24) is 10.2 Å². The molecule has 0 radical (unpaired) electrons. The maximum atomic E-state index is 6.89. The van der Waals surface area contributed by atoms with Gasteiger partial charge in [0.2, 0.25) is 11.8 Å². The second kappa shape index (κ2) is 22.9. The zero-order valence-electron chi connectivity index (χ0n) is 41.4. The predicted molar refractivity (Wildman–Crippen MR) is 285 cm³/mol. The minimum atomic E-state index is -0.0790. The smallest absolute Gasteiger partial charge is 0.248 e. The van der Waals surface area contributed by atoms with Crippen LogP contribution in [-0.2, 0) is 10.8 Å². The van der Waals surface area contributed by atoms with Crippen LogP contribution in [0.3, 0.4) is 0 Å². The normalized spacial score (nSPS) is 19.1. The zero-order chi connectivity index (χ0) is 46.1. The summed E-state index contributed by atoms with van der Waals surface area (Å²) < 4.78 is 9.23. The third-order valence-electron chi connectivity index (χ3n) is 16.3. The molecule has 2 aliphatic rings. The van der Waals surface area contributed by atoms with Crippen LogP contribution in [0.4, 0.5) is 0 Å². The van der Waals surface area contributed by atoms with Gasteiger partial charge in [0.05, 0.1) is 0 Å². The van der Waals surface area contributed by atoms with E-state index in [1.807, 2.05) is 0 Å². The van der Waals surface area contributed by atoms with Crippen molar-refractivity contribution in [2.45, 2.75) is 195 Å². The highest BCUT2D eigenvalue weighted by molar-refractivity contribution is 9.10. The van der Waals surface area contributed by atoms with E-state index in [0.717, 1.165) is 11.1 Å². The summed E-state index contributed by atoms with van der Waals surface area (Å²) in [6, 6.07) is 28.3. The summed E-state index contributed by atoms with van der Waals surface area (Å²) in [6.07, 6.45) is 24.8. The lowest BCUT2D eigenvalue weighted by atomic mass is 9.65. The lowest BCUT2D eigenvalue weighted by Crippen LogP contribution is -2.31. The van der Waals surface area contributed by atoms with E-state index in [-0.39, 0.29) is 10.8 Å². The Kier molecular flexibility index (Phi) is 17.5. The summed E-state index contributed by atoms with van der Waals surface area (Å²) in [5, 5.41) is 9.75. The zero-order valence-corrected chi connectivity index (χ0v) is 44.6. The van der Waals surface area contributed by atoms with Crippen LogP contribution in [0.2, 0.25) is 0 Å². The molecular formula is C60H80Br2N2O. The average Bonchev–Trinajstić information content (AvgIpc) is 3.99. The highest BCUT2D eigenvalue weighted by Crippen LogP contribution is 2.59. The summed E-state index contributed by atoms with van der Waals surface area (Å²) in [5.74, 6) is 3.86. The van der Waals surface area contributed by atoms with E-state index < -0.39 is 0 Å². The Bertz CT molecular complexity index is 2130. The first-order chi connectivity index (χ1) is 31.6. The number of halogens is 2. The summed E-state index contributed by atoms with van der Waals surface area (Å²) in [7, 11) is 0. The number of benzene rings is 4. The molecule has 4 aromatic carbocycles. The Hall–Kier alpha value is -3.02. The van der Waals surface area contributed by atoms with E-state index in [4.69, 9.17) is 14.6 Å². The van der Waals surface area contributed by atoms with Crippen molar-refractivity contribution in [3.63, 3.8) is 0 Å². The molecule has 1 heterocycles. The molecule has 5 aromatic rings. The molecule has 3 nitrogen and oxygen atoms in total. The maximum Gasteiger partial charge on any atom is 0.248 e. The van der Waals surface area contributed by atoms with E-state index >= 15 is 0 Å². The van der Waals surface area contributed by atoms with Crippen LogP contribution in [0.15, 0.2) is 86.2 Å². The molecule has 7 rings (SSSR count). The fourth-order valence-corrected chi connectivity index (χ4v) is 13.2. The Labute approximate surface area is 411 Å². The van der Waals surface area contributed by atoms with E-state index in [9.17, 15) is 0 Å². The predicted octanol–water partition coefficient (Wildman–Crippen LogP) is 19.9. The van der Waals surface area contributed by atoms with Crippen molar-refractivity contribution < 1.29 is 4.42 Å². The van der Waals surface area contributed by atoms with Crippen molar-refractivity contribution in [1.29, 1.82) is 0 Å². The molecule has 0 aliphatic heterocycles. The standard InChI is InChI=1S/C60H80Br2N2O/c1-9-17-21-41(13-5)37-59(38-42(14-6)22-18-10-2)53-33-45(25-29-49(53)51-31-27-47(61)35-55(51)59)57-63-64-58(65-57)46-26-30-50-52-32-28-48(62)36-56(52)60(54(50)34-46,39-43(15-7)23-19-11-3)40-44(16-8)24-20-12-4/h25-36,41-44H,9-24,37-40H2,1-8H3. The Morgan fingerprint density at radius 1 is 0.415 bits per heavy atom. The number of rotatable bonds is 26. The number of hydrogen-bond acceptors (Lipinski definition) is 3. The summed E-state index contributed by atoms with van der Waals surface area (Å²) in [5.41, 5.74) is 13.4. The van der Waals surface area contributed by atoms with E-state index in [0.29, 0.717) is 35.5 Å². The Morgan fingerprint density at radius 2 is 0.708 bits per heavy atom. The highest BCUT2D eigenvalue weighted by Gasteiger charge is 2.47. The first kappa shape index (κ1) is 49.9. The van der Waals surface area contributed by atoms with Crippen LogP contribution >= 0.6 is 31.9 Å². The topological polar surface area (TPSA) is 38.9 Å². The Balaban J connectivity index is 1.33. The molecule has 350 valence electrons. The van der Waals surface area contributed by atoms with Crippen LogP contribution in [0.25, 0.3) is 45.2 Å². The third-order valence-corrected chi connectivity index (χ3v) is 17.3. The van der Waals surface area contributed by atoms with Crippen molar-refractivity contribution in [2.75, 3.05) is 0 Å². The van der Waals surface area contributed by atoms with Gasteiger partial charge in [0, 0.05) is 30.9 Å². The minimum absolute atomic E-state index is 0.0790. The van der Waals surface area contributed by atoms with Gasteiger partial charge in [-0.1, -0.05) is 214 Å². The highest BCUT2D eigenvalue weighted by atomic mass is 79.9. The quantitative estimate of drug-likeness (QED) is 0.0554. The molecule has 0 amide bonds. The lowest BCUT2D eigenvalue weighted by molar-refractivity contribution is 0.266. The van der Waals surface area contributed by atoms with Gasteiger partial charge in [-0.3, -0.25) is 0 Å². The summed E-state index contributed by atoms with van der Waals surface area (Å²) in [6.45, 7) is 19.0. The first-order valence-corrected chi connectivity index (χ1v) is 27.9. The van der Waals surface area contributed by atoms with Gasteiger partial charge in [-0.05, 0) is 142 Å². The average molecular weight is 1010 g/mol. The fraction of sp³-hybridized carbons (Fsp3) is 0.567. The van der Waals surface area contributed by atoms with Crippen molar-refractivity contribution in [2.24, 2.45) is 23.7 Å². The summed E-state index contributed by atoms with van der Waals surface area (Å²) >= 11 is 7.88. The van der Waals surface area contributed by atoms with Crippen LogP contribution in [0.1, 0.15) is 206 Å². The first-order valence-electron chi connectivity index (χ1n) is 26.4. The molecule has 2 aliphatic carbocycles. The molecule has 0 fully saturated rings. The van der Waals surface area contributed by atoms with Crippen molar-refractivity contribution in [3.8, 4) is 45.2 Å². The summed E-state index contributed by atoms with van der Waals surface area (Å²) in [4.78, 5) is 0. The number of nitrogens with zero attached hydrogens (tertiary/aromatic N) is 2. The Morgan fingerprint density at radius 3 is 1.00 bits per heavy atom. The van der Waals surface area contributed by atoms with Gasteiger partial charge in [-0.15, -0.1) is 10.2 Å². The van der Waals surface area contributed by atoms with Gasteiger partial charge in [-0.2, -0.15) is 0 Å². The van der Waals surface area contributed by atoms with Gasteiger partial charge in [0.25, 0.3) is 0 Å². The third kappa shape index (κ3) is 10.5. The van der Waals surface area contributed by atoms with Crippen molar-refractivity contribution >= 4 is 31.9 Å². The number of unbranched alkanes of at least 4 members (excludes halogenated alkanes) is 4. The minimum Gasteiger partial charge on any atom is -0.416 e. The van der Waals surface area contributed by atoms with Gasteiger partial charge in [0.15, 0.2) is 0 Å². The maximum absolute atomic E-state index is 6.89. The second-order valence-corrected chi connectivity index (χ2v) is 22.3. The SMILES string of the molecule is CCCCC(CC)CC1(CC(CC)CCCC)c2cc(Br)ccc2-c2ccc(-c3nnc(-c4ccc5c(c4)C(CC(CC)CCCC)(CC(CC)CCCC)c4cc(Br)ccc4-5)o3)cc21. The second-order valence-electron chi connectivity index (χ2n) is 20.5. The van der Waals surface area contributed by atoms with Gasteiger partial charge in [-0.25, -0.2) is 0 Å². The molecule has 65 heavy (non-hydrogen) atoms. The molecule has 0 saturated heterocycles. The molecular weight excluding hydrogens is 924 g/mol. The molecule has 4 unspecified atom stereocenters. The number of aromatic nitrogens is 2. The molecule has 0 bridgehead atoms. The van der Waals surface area contributed by atoms with E-state index in [1.54, 1.807) is 0 Å².